The van der Waals surface area contributed by atoms with E-state index in [1.54, 1.807) is 6.07 Å². The van der Waals surface area contributed by atoms with Crippen molar-refractivity contribution >= 4 is 17.4 Å². The zero-order valence-corrected chi connectivity index (χ0v) is 12.3. The van der Waals surface area contributed by atoms with Crippen molar-refractivity contribution in [3.8, 4) is 0 Å². The number of halogens is 1. The average molecular weight is 272 g/mol. The monoisotopic (exact) mass is 271 g/mol. The molecule has 102 valence electrons. The van der Waals surface area contributed by atoms with Gasteiger partial charge in [0.25, 0.3) is 0 Å². The molecule has 0 unspecified atom stereocenters. The maximum Gasteiger partial charge on any atom is 0.158 e. The van der Waals surface area contributed by atoms with Crippen LogP contribution in [-0.2, 0) is 11.3 Å². The van der Waals surface area contributed by atoms with Crippen molar-refractivity contribution < 1.29 is 4.74 Å². The second-order valence-corrected chi connectivity index (χ2v) is 5.28. The normalized spacial score (nSPS) is 11.6. The number of nitrogens with one attached hydrogen (secondary N) is 1. The van der Waals surface area contributed by atoms with E-state index >= 15 is 0 Å². The second kappa shape index (κ2) is 6.90. The number of hydrogen-bond acceptors (Lipinski definition) is 4. The zero-order chi connectivity index (χ0) is 13.6. The molecule has 0 saturated heterocycles. The van der Waals surface area contributed by atoms with Gasteiger partial charge in [0.05, 0.1) is 0 Å². The van der Waals surface area contributed by atoms with Gasteiger partial charge in [0, 0.05) is 18.2 Å². The van der Waals surface area contributed by atoms with Crippen LogP contribution in [0.3, 0.4) is 0 Å². The lowest BCUT2D eigenvalue weighted by Gasteiger charge is -2.26. The topological polar surface area (TPSA) is 47.0 Å². The Kier molecular flexibility index (Phi) is 5.82. The van der Waals surface area contributed by atoms with Crippen LogP contribution in [0.2, 0.25) is 5.15 Å². The lowest BCUT2D eigenvalue weighted by molar-refractivity contribution is 0.128. The summed E-state index contributed by atoms with van der Waals surface area (Å²) in [6.07, 6.45) is 2.18. The first-order valence-electron chi connectivity index (χ1n) is 6.36. The Morgan fingerprint density at radius 2 is 2.06 bits per heavy atom. The van der Waals surface area contributed by atoms with Crippen molar-refractivity contribution in [2.24, 2.45) is 0 Å². The predicted molar refractivity (Wildman–Crippen MR) is 75.0 cm³/mol. The number of anilines is 1. The molecule has 0 spiro atoms. The predicted octanol–water partition coefficient (Wildman–Crippen LogP) is 3.66. The van der Waals surface area contributed by atoms with Crippen molar-refractivity contribution in [1.29, 1.82) is 0 Å². The van der Waals surface area contributed by atoms with E-state index in [2.05, 4.69) is 36.1 Å². The van der Waals surface area contributed by atoms with E-state index in [9.17, 15) is 0 Å². The van der Waals surface area contributed by atoms with Crippen LogP contribution in [0, 0.1) is 0 Å². The van der Waals surface area contributed by atoms with Crippen molar-refractivity contribution in [2.75, 3.05) is 11.9 Å². The summed E-state index contributed by atoms with van der Waals surface area (Å²) in [7, 11) is 0. The van der Waals surface area contributed by atoms with Gasteiger partial charge in [0.15, 0.2) is 5.82 Å². The van der Waals surface area contributed by atoms with Crippen molar-refractivity contribution in [2.45, 2.75) is 52.7 Å². The lowest BCUT2D eigenvalue weighted by Crippen LogP contribution is -2.31. The molecule has 0 aliphatic rings. The van der Waals surface area contributed by atoms with Crippen LogP contribution in [0.1, 0.15) is 46.4 Å². The maximum absolute atomic E-state index is 5.99. The third-order valence-corrected chi connectivity index (χ3v) is 2.71. The van der Waals surface area contributed by atoms with Gasteiger partial charge < -0.3 is 10.1 Å². The first-order valence-corrected chi connectivity index (χ1v) is 6.74. The van der Waals surface area contributed by atoms with Crippen LogP contribution < -0.4 is 5.32 Å². The standard InChI is InChI=1S/C13H22ClN3O/c1-5-7-13(3,4)17-11-8-10(14)15-12(16-11)9-18-6-2/h8H,5-7,9H2,1-4H3,(H,15,16,17). The molecule has 0 aromatic carbocycles. The van der Waals surface area contributed by atoms with Gasteiger partial charge in [-0.1, -0.05) is 24.9 Å². The molecule has 1 aromatic rings. The molecular formula is C13H22ClN3O. The zero-order valence-electron chi connectivity index (χ0n) is 11.6. The second-order valence-electron chi connectivity index (χ2n) is 4.89. The molecule has 0 amide bonds. The van der Waals surface area contributed by atoms with Gasteiger partial charge in [-0.2, -0.15) is 0 Å². The number of ether oxygens (including phenoxy) is 1. The molecule has 0 fully saturated rings. The molecule has 1 heterocycles. The van der Waals surface area contributed by atoms with Gasteiger partial charge in [0.2, 0.25) is 0 Å². The summed E-state index contributed by atoms with van der Waals surface area (Å²) in [5.74, 6) is 1.36. The summed E-state index contributed by atoms with van der Waals surface area (Å²) in [5, 5.41) is 3.83. The first kappa shape index (κ1) is 15.2. The smallest absolute Gasteiger partial charge is 0.158 e. The number of rotatable bonds is 7. The molecule has 0 bridgehead atoms. The van der Waals surface area contributed by atoms with Gasteiger partial charge in [0.1, 0.15) is 17.6 Å². The molecule has 0 saturated carbocycles. The average Bonchev–Trinajstić information content (AvgIpc) is 2.24. The molecule has 1 aromatic heterocycles. The summed E-state index contributed by atoms with van der Waals surface area (Å²) >= 11 is 5.99. The van der Waals surface area contributed by atoms with E-state index in [0.29, 0.717) is 24.2 Å². The summed E-state index contributed by atoms with van der Waals surface area (Å²) < 4.78 is 5.30. The van der Waals surface area contributed by atoms with Crippen LogP contribution in [0.25, 0.3) is 0 Å². The van der Waals surface area contributed by atoms with E-state index in [1.165, 1.54) is 0 Å². The summed E-state index contributed by atoms with van der Waals surface area (Å²) in [6.45, 7) is 9.42. The molecule has 5 heteroatoms. The van der Waals surface area contributed by atoms with Gasteiger partial charge >= 0.3 is 0 Å². The summed E-state index contributed by atoms with van der Waals surface area (Å²) in [4.78, 5) is 8.54. The summed E-state index contributed by atoms with van der Waals surface area (Å²) in [5.41, 5.74) is -0.00465. The van der Waals surface area contributed by atoms with Crippen molar-refractivity contribution in [3.05, 3.63) is 17.0 Å². The Morgan fingerprint density at radius 3 is 2.67 bits per heavy atom. The number of hydrogen-bond donors (Lipinski definition) is 1. The van der Waals surface area contributed by atoms with Crippen molar-refractivity contribution in [3.63, 3.8) is 0 Å². The molecule has 1 N–H and O–H groups in total. The Bertz CT molecular complexity index is 382. The van der Waals surface area contributed by atoms with E-state index in [0.717, 1.165) is 18.7 Å². The molecular weight excluding hydrogens is 250 g/mol. The van der Waals surface area contributed by atoms with Crippen LogP contribution in [0.5, 0.6) is 0 Å². The maximum atomic E-state index is 5.99. The highest BCUT2D eigenvalue weighted by Crippen LogP contribution is 2.20. The Balaban J connectivity index is 2.79. The largest absolute Gasteiger partial charge is 0.374 e. The van der Waals surface area contributed by atoms with E-state index in [4.69, 9.17) is 16.3 Å². The molecule has 0 atom stereocenters. The van der Waals surface area contributed by atoms with Crippen LogP contribution >= 0.6 is 11.6 Å². The highest BCUT2D eigenvalue weighted by molar-refractivity contribution is 6.29. The van der Waals surface area contributed by atoms with Gasteiger partial charge in [-0.3, -0.25) is 0 Å². The molecule has 4 nitrogen and oxygen atoms in total. The van der Waals surface area contributed by atoms with E-state index < -0.39 is 0 Å². The molecule has 18 heavy (non-hydrogen) atoms. The number of aromatic nitrogens is 2. The van der Waals surface area contributed by atoms with Gasteiger partial charge in [-0.05, 0) is 27.2 Å². The molecule has 0 aliphatic carbocycles. The number of nitrogens with zero attached hydrogens (tertiary/aromatic N) is 2. The highest BCUT2D eigenvalue weighted by atomic mass is 35.5. The minimum Gasteiger partial charge on any atom is -0.374 e. The fourth-order valence-electron chi connectivity index (χ4n) is 1.82. The third-order valence-electron chi connectivity index (χ3n) is 2.52. The van der Waals surface area contributed by atoms with Gasteiger partial charge in [-0.15, -0.1) is 0 Å². The minimum atomic E-state index is -0.00465. The van der Waals surface area contributed by atoms with Crippen LogP contribution in [0.15, 0.2) is 6.07 Å². The van der Waals surface area contributed by atoms with E-state index in [1.807, 2.05) is 6.92 Å². The Morgan fingerprint density at radius 1 is 1.33 bits per heavy atom. The Labute approximate surface area is 114 Å². The molecule has 1 rings (SSSR count). The van der Waals surface area contributed by atoms with Crippen LogP contribution in [-0.4, -0.2) is 22.1 Å². The van der Waals surface area contributed by atoms with Gasteiger partial charge in [-0.25, -0.2) is 9.97 Å². The molecule has 0 aliphatic heterocycles. The van der Waals surface area contributed by atoms with E-state index in [-0.39, 0.29) is 5.54 Å². The fraction of sp³-hybridized carbons (Fsp3) is 0.692. The Hall–Kier alpha value is -0.870. The highest BCUT2D eigenvalue weighted by Gasteiger charge is 2.17. The third kappa shape index (κ3) is 5.19. The minimum absolute atomic E-state index is 0.00465. The molecule has 0 radical (unpaired) electrons. The van der Waals surface area contributed by atoms with Crippen molar-refractivity contribution in [1.82, 2.24) is 9.97 Å². The lowest BCUT2D eigenvalue weighted by atomic mass is 9.99. The fourth-order valence-corrected chi connectivity index (χ4v) is 2.02. The first-order chi connectivity index (χ1) is 8.46. The SMILES string of the molecule is CCCC(C)(C)Nc1cc(Cl)nc(COCC)n1. The summed E-state index contributed by atoms with van der Waals surface area (Å²) in [6, 6.07) is 1.74. The quantitative estimate of drug-likeness (QED) is 0.769. The van der Waals surface area contributed by atoms with Crippen LogP contribution in [0.4, 0.5) is 5.82 Å².